The summed E-state index contributed by atoms with van der Waals surface area (Å²) in [6.07, 6.45) is 4.50. The fourth-order valence-electron chi connectivity index (χ4n) is 4.47. The first kappa shape index (κ1) is 29.7. The monoisotopic (exact) mass is 563 g/mol. The number of benzene rings is 2. The lowest BCUT2D eigenvalue weighted by Gasteiger charge is -2.36. The van der Waals surface area contributed by atoms with E-state index in [9.17, 15) is 14.7 Å². The standard InChI is InChI=1S/C31H37N3O5S/c1-22(36)32-16-5-2-3-10-29(37)34-26-9-7-8-25(18-26)31-38-27(21-40-30-11-4-6-17-33-30)19-28(39-31)24-14-12-23(20-35)13-15-24/h4,6-9,11-15,17-18,27-28,31,35H,2-3,5,10,16,19-21H2,1H3,(H,32,36)(H,34,37). The van der Waals surface area contributed by atoms with Gasteiger partial charge < -0.3 is 25.2 Å². The number of anilines is 1. The summed E-state index contributed by atoms with van der Waals surface area (Å²) in [7, 11) is 0. The first-order valence-corrected chi connectivity index (χ1v) is 14.7. The topological polar surface area (TPSA) is 110 Å². The van der Waals surface area contributed by atoms with Gasteiger partial charge in [0.2, 0.25) is 11.8 Å². The second-order valence-electron chi connectivity index (χ2n) is 9.80. The van der Waals surface area contributed by atoms with Gasteiger partial charge in [0, 0.05) is 49.5 Å². The largest absolute Gasteiger partial charge is 0.392 e. The van der Waals surface area contributed by atoms with Crippen LogP contribution in [0.5, 0.6) is 0 Å². The predicted molar refractivity (Wildman–Crippen MR) is 156 cm³/mol. The number of thioether (sulfide) groups is 1. The van der Waals surface area contributed by atoms with Crippen molar-refractivity contribution in [2.24, 2.45) is 0 Å². The molecule has 1 fully saturated rings. The number of pyridine rings is 1. The van der Waals surface area contributed by atoms with E-state index in [0.29, 0.717) is 25.1 Å². The maximum atomic E-state index is 12.5. The number of hydrogen-bond acceptors (Lipinski definition) is 7. The van der Waals surface area contributed by atoms with E-state index < -0.39 is 6.29 Å². The number of hydrogen-bond donors (Lipinski definition) is 3. The molecule has 4 rings (SSSR count). The summed E-state index contributed by atoms with van der Waals surface area (Å²) in [6, 6.07) is 21.3. The minimum atomic E-state index is -0.601. The Labute approximate surface area is 239 Å². The molecule has 9 heteroatoms. The molecule has 3 unspecified atom stereocenters. The van der Waals surface area contributed by atoms with Crippen molar-refractivity contribution >= 4 is 29.3 Å². The highest BCUT2D eigenvalue weighted by Gasteiger charge is 2.32. The highest BCUT2D eigenvalue weighted by Crippen LogP contribution is 2.39. The van der Waals surface area contributed by atoms with Crippen molar-refractivity contribution in [1.29, 1.82) is 0 Å². The number of nitrogens with zero attached hydrogens (tertiary/aromatic N) is 1. The highest BCUT2D eigenvalue weighted by atomic mass is 32.2. The molecule has 0 bridgehead atoms. The quantitative estimate of drug-likeness (QED) is 0.185. The summed E-state index contributed by atoms with van der Waals surface area (Å²) >= 11 is 1.65. The van der Waals surface area contributed by atoms with Crippen LogP contribution >= 0.6 is 11.8 Å². The van der Waals surface area contributed by atoms with Gasteiger partial charge in [0.15, 0.2) is 6.29 Å². The molecule has 0 spiro atoms. The van der Waals surface area contributed by atoms with Crippen LogP contribution in [0.4, 0.5) is 5.69 Å². The first-order valence-electron chi connectivity index (χ1n) is 13.7. The zero-order chi connectivity index (χ0) is 28.2. The average Bonchev–Trinajstić information content (AvgIpc) is 2.98. The number of aromatic nitrogens is 1. The SMILES string of the molecule is CC(=O)NCCCCCC(=O)Nc1cccc(C2OC(CSc3ccccn3)CC(c3ccc(CO)cc3)O2)c1. The Morgan fingerprint density at radius 2 is 1.85 bits per heavy atom. The van der Waals surface area contributed by atoms with Gasteiger partial charge in [0.1, 0.15) is 0 Å². The van der Waals surface area contributed by atoms with Crippen LogP contribution in [0.25, 0.3) is 0 Å². The number of unbranched alkanes of at least 4 members (excludes halogenated alkanes) is 2. The lowest BCUT2D eigenvalue weighted by atomic mass is 10.0. The molecule has 1 aliphatic rings. The molecule has 3 aromatic rings. The Morgan fingerprint density at radius 3 is 2.60 bits per heavy atom. The molecule has 212 valence electrons. The van der Waals surface area contributed by atoms with Crippen LogP contribution in [0.3, 0.4) is 0 Å². The van der Waals surface area contributed by atoms with E-state index in [0.717, 1.165) is 46.7 Å². The third-order valence-electron chi connectivity index (χ3n) is 6.57. The minimum absolute atomic E-state index is 0.00351. The molecule has 8 nitrogen and oxygen atoms in total. The molecule has 2 aromatic carbocycles. The van der Waals surface area contributed by atoms with E-state index in [4.69, 9.17) is 9.47 Å². The number of aliphatic hydroxyl groups is 1. The molecular weight excluding hydrogens is 526 g/mol. The maximum absolute atomic E-state index is 12.5. The van der Waals surface area contributed by atoms with Crippen molar-refractivity contribution in [3.05, 3.63) is 89.6 Å². The van der Waals surface area contributed by atoms with Crippen molar-refractivity contribution in [2.45, 2.75) is 69.2 Å². The van der Waals surface area contributed by atoms with Crippen LogP contribution in [0.1, 0.15) is 68.1 Å². The Bertz CT molecular complexity index is 1230. The van der Waals surface area contributed by atoms with Gasteiger partial charge in [-0.05, 0) is 48.2 Å². The van der Waals surface area contributed by atoms with E-state index in [2.05, 4.69) is 15.6 Å². The van der Waals surface area contributed by atoms with Gasteiger partial charge in [-0.1, -0.05) is 48.9 Å². The third kappa shape index (κ3) is 9.45. The van der Waals surface area contributed by atoms with E-state index in [-0.39, 0.29) is 30.6 Å². The molecule has 0 saturated carbocycles. The van der Waals surface area contributed by atoms with Crippen LogP contribution in [0.15, 0.2) is 78.0 Å². The van der Waals surface area contributed by atoms with E-state index in [1.165, 1.54) is 6.92 Å². The van der Waals surface area contributed by atoms with Crippen LogP contribution in [-0.2, 0) is 25.7 Å². The lowest BCUT2D eigenvalue weighted by Crippen LogP contribution is -2.31. The molecular formula is C31H37N3O5S. The smallest absolute Gasteiger partial charge is 0.224 e. The number of ether oxygens (including phenoxy) is 2. The van der Waals surface area contributed by atoms with E-state index in [1.807, 2.05) is 66.7 Å². The Hall–Kier alpha value is -3.24. The van der Waals surface area contributed by atoms with Gasteiger partial charge in [0.05, 0.1) is 23.8 Å². The Morgan fingerprint density at radius 1 is 1.00 bits per heavy atom. The molecule has 2 amide bonds. The van der Waals surface area contributed by atoms with Crippen LogP contribution in [-0.4, -0.2) is 40.3 Å². The first-order chi connectivity index (χ1) is 19.5. The van der Waals surface area contributed by atoms with Gasteiger partial charge >= 0.3 is 0 Å². The van der Waals surface area contributed by atoms with Crippen molar-refractivity contribution < 1.29 is 24.2 Å². The molecule has 0 radical (unpaired) electrons. The van der Waals surface area contributed by atoms with Gasteiger partial charge in [0.25, 0.3) is 0 Å². The number of rotatable bonds is 13. The molecule has 40 heavy (non-hydrogen) atoms. The minimum Gasteiger partial charge on any atom is -0.392 e. The summed E-state index contributed by atoms with van der Waals surface area (Å²) < 4.78 is 12.9. The van der Waals surface area contributed by atoms with E-state index >= 15 is 0 Å². The molecule has 3 atom stereocenters. The summed E-state index contributed by atoms with van der Waals surface area (Å²) in [4.78, 5) is 27.9. The van der Waals surface area contributed by atoms with Crippen molar-refractivity contribution in [3.63, 3.8) is 0 Å². The molecule has 3 N–H and O–H groups in total. The Kier molecular flexibility index (Phi) is 11.5. The van der Waals surface area contributed by atoms with Gasteiger partial charge in [-0.2, -0.15) is 0 Å². The average molecular weight is 564 g/mol. The van der Waals surface area contributed by atoms with Gasteiger partial charge in [-0.15, -0.1) is 11.8 Å². The number of carbonyl (C=O) groups excluding carboxylic acids is 2. The highest BCUT2D eigenvalue weighted by molar-refractivity contribution is 7.99. The second kappa shape index (κ2) is 15.5. The van der Waals surface area contributed by atoms with Crippen molar-refractivity contribution in [2.75, 3.05) is 17.6 Å². The molecule has 1 aliphatic heterocycles. The predicted octanol–water partition coefficient (Wildman–Crippen LogP) is 5.55. The zero-order valence-corrected chi connectivity index (χ0v) is 23.6. The fraction of sp³-hybridized carbons (Fsp3) is 0.387. The third-order valence-corrected chi connectivity index (χ3v) is 7.64. The number of carbonyl (C=O) groups is 2. The maximum Gasteiger partial charge on any atom is 0.224 e. The fourth-order valence-corrected chi connectivity index (χ4v) is 5.35. The summed E-state index contributed by atoms with van der Waals surface area (Å²) in [5.74, 6) is 0.641. The summed E-state index contributed by atoms with van der Waals surface area (Å²) in [6.45, 7) is 2.13. The zero-order valence-electron chi connectivity index (χ0n) is 22.8. The Balaban J connectivity index is 1.39. The van der Waals surface area contributed by atoms with Crippen molar-refractivity contribution in [3.8, 4) is 0 Å². The number of nitrogens with one attached hydrogen (secondary N) is 2. The van der Waals surface area contributed by atoms with Gasteiger partial charge in [-0.25, -0.2) is 4.98 Å². The van der Waals surface area contributed by atoms with Gasteiger partial charge in [-0.3, -0.25) is 9.59 Å². The van der Waals surface area contributed by atoms with E-state index in [1.54, 1.807) is 18.0 Å². The molecule has 0 aliphatic carbocycles. The number of amides is 2. The van der Waals surface area contributed by atoms with Crippen LogP contribution in [0, 0.1) is 0 Å². The lowest BCUT2D eigenvalue weighted by molar-refractivity contribution is -0.245. The number of aliphatic hydroxyl groups excluding tert-OH is 1. The van der Waals surface area contributed by atoms with Crippen LogP contribution < -0.4 is 10.6 Å². The normalized spacial score (nSPS) is 18.7. The van der Waals surface area contributed by atoms with Crippen LogP contribution in [0.2, 0.25) is 0 Å². The summed E-state index contributed by atoms with van der Waals surface area (Å²) in [5.41, 5.74) is 3.41. The molecule has 2 heterocycles. The molecule has 1 saturated heterocycles. The second-order valence-corrected chi connectivity index (χ2v) is 10.8. The molecule has 1 aromatic heterocycles. The van der Waals surface area contributed by atoms with Crippen molar-refractivity contribution in [1.82, 2.24) is 10.3 Å². The summed E-state index contributed by atoms with van der Waals surface area (Å²) in [5, 5.41) is 16.1.